The molecule has 1 unspecified atom stereocenters. The van der Waals surface area contributed by atoms with Gasteiger partial charge >= 0.3 is 0 Å². The van der Waals surface area contributed by atoms with Gasteiger partial charge in [-0.1, -0.05) is 0 Å². The number of nitrogens with zero attached hydrogens (tertiary/aromatic N) is 4. The molecule has 142 valence electrons. The summed E-state index contributed by atoms with van der Waals surface area (Å²) in [5.74, 6) is -1.28. The summed E-state index contributed by atoms with van der Waals surface area (Å²) in [5, 5.41) is 18.7. The summed E-state index contributed by atoms with van der Waals surface area (Å²) in [4.78, 5) is 17.3. The minimum atomic E-state index is -0.779. The monoisotopic (exact) mass is 379 g/mol. The number of hydrogen-bond acceptors (Lipinski definition) is 5. The number of aromatic nitrogens is 4. The predicted octanol–water partition coefficient (Wildman–Crippen LogP) is 2.33. The Bertz CT molecular complexity index is 1290. The Labute approximate surface area is 159 Å². The summed E-state index contributed by atoms with van der Waals surface area (Å²) in [6, 6.07) is 6.90. The van der Waals surface area contributed by atoms with E-state index in [1.807, 2.05) is 0 Å². The Morgan fingerprint density at radius 2 is 2.18 bits per heavy atom. The normalized spacial score (nSPS) is 17.0. The van der Waals surface area contributed by atoms with Gasteiger partial charge < -0.3 is 15.0 Å². The number of hydrogen-bond donors (Lipinski definition) is 2. The Hall–Kier alpha value is -3.26. The van der Waals surface area contributed by atoms with E-state index < -0.39 is 11.6 Å². The molecule has 3 aromatic heterocycles. The van der Waals surface area contributed by atoms with E-state index in [1.165, 1.54) is 4.68 Å². The summed E-state index contributed by atoms with van der Waals surface area (Å²) in [5.41, 5.74) is 1.19. The lowest BCUT2D eigenvalue weighted by atomic mass is 10.1. The SMILES string of the molecule is Cn1cc2cc(-c3ccc4c(=O)n(C5CCNC5)ccc4n3)c(O)c(F)c2n1. The first kappa shape index (κ1) is 16.9. The summed E-state index contributed by atoms with van der Waals surface area (Å²) in [7, 11) is 1.69. The molecular formula is C20H18FN5O2. The molecule has 0 saturated carbocycles. The van der Waals surface area contributed by atoms with Gasteiger partial charge in [-0.2, -0.15) is 5.10 Å². The molecule has 7 nitrogen and oxygen atoms in total. The van der Waals surface area contributed by atoms with Gasteiger partial charge in [-0.15, -0.1) is 0 Å². The van der Waals surface area contributed by atoms with Crippen molar-refractivity contribution in [2.24, 2.45) is 7.05 Å². The van der Waals surface area contributed by atoms with Crippen LogP contribution in [0.3, 0.4) is 0 Å². The number of aryl methyl sites for hydroxylation is 1. The number of nitrogens with one attached hydrogen (secondary N) is 1. The molecule has 0 aliphatic carbocycles. The molecule has 0 amide bonds. The fraction of sp³-hybridized carbons (Fsp3) is 0.250. The zero-order chi connectivity index (χ0) is 19.4. The van der Waals surface area contributed by atoms with Gasteiger partial charge in [0, 0.05) is 36.9 Å². The summed E-state index contributed by atoms with van der Waals surface area (Å²) >= 11 is 0. The molecule has 28 heavy (non-hydrogen) atoms. The highest BCUT2D eigenvalue weighted by molar-refractivity contribution is 5.89. The molecule has 0 bridgehead atoms. The number of phenolic OH excluding ortho intramolecular Hbond substituents is 1. The van der Waals surface area contributed by atoms with Crippen LogP contribution in [0.4, 0.5) is 4.39 Å². The quantitative estimate of drug-likeness (QED) is 0.558. The summed E-state index contributed by atoms with van der Waals surface area (Å²) in [6.07, 6.45) is 4.34. The second-order valence-corrected chi connectivity index (χ2v) is 7.13. The van der Waals surface area contributed by atoms with E-state index in [9.17, 15) is 14.3 Å². The number of phenols is 1. The van der Waals surface area contributed by atoms with E-state index in [2.05, 4.69) is 15.4 Å². The Morgan fingerprint density at radius 3 is 2.96 bits per heavy atom. The Morgan fingerprint density at radius 1 is 1.32 bits per heavy atom. The Balaban J connectivity index is 1.66. The lowest BCUT2D eigenvalue weighted by Gasteiger charge is -2.13. The van der Waals surface area contributed by atoms with E-state index >= 15 is 0 Å². The van der Waals surface area contributed by atoms with Crippen molar-refractivity contribution in [2.45, 2.75) is 12.5 Å². The first-order valence-corrected chi connectivity index (χ1v) is 9.11. The van der Waals surface area contributed by atoms with Crippen LogP contribution in [0.15, 0.2) is 41.5 Å². The molecule has 1 aliphatic rings. The van der Waals surface area contributed by atoms with Crippen LogP contribution in [-0.4, -0.2) is 37.5 Å². The molecule has 4 aromatic rings. The highest BCUT2D eigenvalue weighted by Gasteiger charge is 2.20. The van der Waals surface area contributed by atoms with Gasteiger partial charge in [0.2, 0.25) is 0 Å². The van der Waals surface area contributed by atoms with Gasteiger partial charge in [0.25, 0.3) is 5.56 Å². The van der Waals surface area contributed by atoms with E-state index in [0.717, 1.165) is 19.5 Å². The van der Waals surface area contributed by atoms with E-state index in [0.29, 0.717) is 22.0 Å². The number of aromatic hydroxyl groups is 1. The molecule has 1 saturated heterocycles. The minimum absolute atomic E-state index is 0.0941. The molecule has 1 aromatic carbocycles. The maximum Gasteiger partial charge on any atom is 0.260 e. The second kappa shape index (κ2) is 6.13. The summed E-state index contributed by atoms with van der Waals surface area (Å²) < 4.78 is 17.8. The number of benzene rings is 1. The van der Waals surface area contributed by atoms with E-state index in [-0.39, 0.29) is 22.7 Å². The van der Waals surface area contributed by atoms with E-state index in [1.54, 1.807) is 48.3 Å². The van der Waals surface area contributed by atoms with Crippen LogP contribution in [0, 0.1) is 5.82 Å². The molecule has 1 aliphatic heterocycles. The van der Waals surface area contributed by atoms with Crippen LogP contribution in [0.1, 0.15) is 12.5 Å². The van der Waals surface area contributed by atoms with Crippen molar-refractivity contribution in [1.29, 1.82) is 0 Å². The first-order chi connectivity index (χ1) is 13.5. The van der Waals surface area contributed by atoms with Crippen LogP contribution < -0.4 is 10.9 Å². The largest absolute Gasteiger partial charge is 0.504 e. The van der Waals surface area contributed by atoms with Crippen molar-refractivity contribution in [3.63, 3.8) is 0 Å². The smallest absolute Gasteiger partial charge is 0.260 e. The number of fused-ring (bicyclic) bond motifs is 2. The van der Waals surface area contributed by atoms with Gasteiger partial charge in [-0.05, 0) is 37.2 Å². The zero-order valence-corrected chi connectivity index (χ0v) is 15.2. The highest BCUT2D eigenvalue weighted by atomic mass is 19.1. The van der Waals surface area contributed by atoms with Crippen molar-refractivity contribution in [3.05, 3.63) is 52.8 Å². The third kappa shape index (κ3) is 2.49. The third-order valence-corrected chi connectivity index (χ3v) is 5.31. The van der Waals surface area contributed by atoms with E-state index in [4.69, 9.17) is 0 Å². The topological polar surface area (TPSA) is 85.0 Å². The molecule has 0 spiro atoms. The lowest BCUT2D eigenvalue weighted by Crippen LogP contribution is -2.25. The van der Waals surface area contributed by atoms with Crippen LogP contribution in [-0.2, 0) is 7.05 Å². The number of pyridine rings is 2. The standard InChI is InChI=1S/C20H18FN5O2/c1-25-10-11-8-14(19(27)17(21)18(11)24-25)15-3-2-13-16(23-15)5-7-26(20(13)28)12-4-6-22-9-12/h2-3,5,7-8,10,12,22,27H,4,6,9H2,1H3. The van der Waals surface area contributed by atoms with Crippen molar-refractivity contribution < 1.29 is 9.50 Å². The number of halogens is 1. The highest BCUT2D eigenvalue weighted by Crippen LogP contribution is 2.35. The third-order valence-electron chi connectivity index (χ3n) is 5.31. The lowest BCUT2D eigenvalue weighted by molar-refractivity contribution is 0.437. The van der Waals surface area contributed by atoms with Gasteiger partial charge in [0.1, 0.15) is 5.52 Å². The first-order valence-electron chi connectivity index (χ1n) is 9.11. The predicted molar refractivity (Wildman–Crippen MR) is 104 cm³/mol. The van der Waals surface area contributed by atoms with Crippen LogP contribution in [0.5, 0.6) is 5.75 Å². The molecule has 2 N–H and O–H groups in total. The molecule has 0 radical (unpaired) electrons. The summed E-state index contributed by atoms with van der Waals surface area (Å²) in [6.45, 7) is 1.67. The van der Waals surface area contributed by atoms with Gasteiger partial charge in [0.05, 0.1) is 22.6 Å². The van der Waals surface area contributed by atoms with Crippen LogP contribution in [0.25, 0.3) is 33.1 Å². The van der Waals surface area contributed by atoms with Gasteiger partial charge in [-0.25, -0.2) is 9.37 Å². The average molecular weight is 379 g/mol. The second-order valence-electron chi connectivity index (χ2n) is 7.13. The van der Waals surface area contributed by atoms with Gasteiger partial charge in [0.15, 0.2) is 11.6 Å². The van der Waals surface area contributed by atoms with Crippen LogP contribution in [0.2, 0.25) is 0 Å². The zero-order valence-electron chi connectivity index (χ0n) is 15.2. The van der Waals surface area contributed by atoms with Crippen molar-refractivity contribution in [1.82, 2.24) is 24.6 Å². The molecule has 1 fully saturated rings. The molecular weight excluding hydrogens is 361 g/mol. The fourth-order valence-corrected chi connectivity index (χ4v) is 3.89. The average Bonchev–Trinajstić information content (AvgIpc) is 3.34. The minimum Gasteiger partial charge on any atom is -0.504 e. The van der Waals surface area contributed by atoms with Crippen molar-refractivity contribution >= 4 is 21.8 Å². The van der Waals surface area contributed by atoms with Crippen molar-refractivity contribution in [2.75, 3.05) is 13.1 Å². The fourth-order valence-electron chi connectivity index (χ4n) is 3.89. The molecule has 1 atom stereocenters. The van der Waals surface area contributed by atoms with Gasteiger partial charge in [-0.3, -0.25) is 9.48 Å². The Kier molecular flexibility index (Phi) is 3.70. The molecule has 5 rings (SSSR count). The maximum atomic E-state index is 14.5. The number of rotatable bonds is 2. The van der Waals surface area contributed by atoms with Crippen LogP contribution >= 0.6 is 0 Å². The molecule has 4 heterocycles. The molecule has 8 heteroatoms. The van der Waals surface area contributed by atoms with Crippen molar-refractivity contribution in [3.8, 4) is 17.0 Å². The maximum absolute atomic E-state index is 14.5.